The van der Waals surface area contributed by atoms with E-state index in [1.165, 1.54) is 5.56 Å². The number of aliphatic imine (C=N–C) groups is 1. The second kappa shape index (κ2) is 6.19. The molecular formula is C12H19N3. The molecule has 0 aliphatic rings. The maximum Gasteiger partial charge on any atom is 0.142 e. The van der Waals surface area contributed by atoms with Crippen molar-refractivity contribution in [3.63, 3.8) is 0 Å². The van der Waals surface area contributed by atoms with Gasteiger partial charge < -0.3 is 5.43 Å². The molecule has 0 radical (unpaired) electrons. The summed E-state index contributed by atoms with van der Waals surface area (Å²) in [5.74, 6) is 6.27. The lowest BCUT2D eigenvalue weighted by molar-refractivity contribution is 0.905. The van der Waals surface area contributed by atoms with E-state index in [0.29, 0.717) is 0 Å². The van der Waals surface area contributed by atoms with Crippen LogP contribution in [0.1, 0.15) is 31.4 Å². The summed E-state index contributed by atoms with van der Waals surface area (Å²) in [6.45, 7) is 5.04. The molecule has 0 unspecified atom stereocenters. The summed E-state index contributed by atoms with van der Waals surface area (Å²) >= 11 is 0. The zero-order valence-electron chi connectivity index (χ0n) is 9.46. The van der Waals surface area contributed by atoms with Gasteiger partial charge in [0.1, 0.15) is 5.84 Å². The largest absolute Gasteiger partial charge is 0.308 e. The van der Waals surface area contributed by atoms with Crippen molar-refractivity contribution in [3.05, 3.63) is 35.4 Å². The molecule has 0 aliphatic heterocycles. The molecule has 0 fully saturated rings. The Kier molecular flexibility index (Phi) is 4.84. The Bertz CT molecular complexity index is 331. The van der Waals surface area contributed by atoms with Gasteiger partial charge in [0.05, 0.1) is 0 Å². The number of hydrogen-bond acceptors (Lipinski definition) is 2. The first-order valence-corrected chi connectivity index (χ1v) is 5.42. The molecule has 0 atom stereocenters. The van der Waals surface area contributed by atoms with Gasteiger partial charge in [0.15, 0.2) is 0 Å². The van der Waals surface area contributed by atoms with Crippen LogP contribution in [-0.2, 0) is 6.42 Å². The third-order valence-corrected chi connectivity index (χ3v) is 2.28. The highest BCUT2D eigenvalue weighted by atomic mass is 15.2. The number of amidine groups is 1. The van der Waals surface area contributed by atoms with E-state index >= 15 is 0 Å². The van der Waals surface area contributed by atoms with E-state index in [1.807, 2.05) is 18.2 Å². The molecule has 0 spiro atoms. The molecule has 82 valence electrons. The maximum absolute atomic E-state index is 5.49. The van der Waals surface area contributed by atoms with Gasteiger partial charge in [-0.3, -0.25) is 4.99 Å². The van der Waals surface area contributed by atoms with Crippen molar-refractivity contribution in [2.24, 2.45) is 10.8 Å². The van der Waals surface area contributed by atoms with Crippen molar-refractivity contribution in [2.45, 2.75) is 26.7 Å². The second-order valence-electron chi connectivity index (χ2n) is 3.39. The van der Waals surface area contributed by atoms with E-state index in [-0.39, 0.29) is 0 Å². The van der Waals surface area contributed by atoms with Crippen molar-refractivity contribution in [2.75, 3.05) is 6.54 Å². The quantitative estimate of drug-likeness (QED) is 0.341. The molecule has 0 saturated carbocycles. The SMILES string of the molecule is CCCN=C(NN)c1ccccc1CC. The van der Waals surface area contributed by atoms with E-state index in [0.717, 1.165) is 30.8 Å². The topological polar surface area (TPSA) is 50.4 Å². The molecule has 1 rings (SSSR count). The molecule has 0 aliphatic carbocycles. The molecule has 0 bridgehead atoms. The number of hydrazine groups is 1. The van der Waals surface area contributed by atoms with Gasteiger partial charge >= 0.3 is 0 Å². The summed E-state index contributed by atoms with van der Waals surface area (Å²) in [5, 5.41) is 0. The van der Waals surface area contributed by atoms with Crippen molar-refractivity contribution in [3.8, 4) is 0 Å². The third kappa shape index (κ3) is 3.06. The van der Waals surface area contributed by atoms with E-state index in [2.05, 4.69) is 30.3 Å². The van der Waals surface area contributed by atoms with Crippen LogP contribution < -0.4 is 11.3 Å². The van der Waals surface area contributed by atoms with Gasteiger partial charge in [-0.25, -0.2) is 5.84 Å². The van der Waals surface area contributed by atoms with E-state index in [1.54, 1.807) is 0 Å². The van der Waals surface area contributed by atoms with E-state index in [9.17, 15) is 0 Å². The zero-order valence-corrected chi connectivity index (χ0v) is 9.46. The Balaban J connectivity index is 3.00. The first-order valence-electron chi connectivity index (χ1n) is 5.42. The van der Waals surface area contributed by atoms with Crippen molar-refractivity contribution in [1.82, 2.24) is 5.43 Å². The Labute approximate surface area is 91.4 Å². The molecule has 3 nitrogen and oxygen atoms in total. The van der Waals surface area contributed by atoms with Gasteiger partial charge in [0.2, 0.25) is 0 Å². The minimum atomic E-state index is 0.786. The monoisotopic (exact) mass is 205 g/mol. The highest BCUT2D eigenvalue weighted by Gasteiger charge is 2.05. The van der Waals surface area contributed by atoms with E-state index < -0.39 is 0 Å². The summed E-state index contributed by atoms with van der Waals surface area (Å²) < 4.78 is 0. The fraction of sp³-hybridized carbons (Fsp3) is 0.417. The molecule has 1 aromatic carbocycles. The van der Waals surface area contributed by atoms with Crippen LogP contribution in [0.2, 0.25) is 0 Å². The molecule has 0 aromatic heterocycles. The van der Waals surface area contributed by atoms with Crippen LogP contribution in [0.4, 0.5) is 0 Å². The van der Waals surface area contributed by atoms with Gasteiger partial charge in [-0.1, -0.05) is 38.1 Å². The Morgan fingerprint density at radius 2 is 2.07 bits per heavy atom. The van der Waals surface area contributed by atoms with Crippen LogP contribution in [0, 0.1) is 0 Å². The number of nitrogens with one attached hydrogen (secondary N) is 1. The summed E-state index contributed by atoms with van der Waals surface area (Å²) in [4.78, 5) is 4.42. The van der Waals surface area contributed by atoms with Gasteiger partial charge in [-0.05, 0) is 18.4 Å². The Morgan fingerprint density at radius 1 is 1.33 bits per heavy atom. The molecule has 15 heavy (non-hydrogen) atoms. The molecule has 1 aromatic rings. The lowest BCUT2D eigenvalue weighted by atomic mass is 10.0. The highest BCUT2D eigenvalue weighted by molar-refractivity contribution is 5.99. The first kappa shape index (κ1) is 11.7. The van der Waals surface area contributed by atoms with Gasteiger partial charge in [-0.15, -0.1) is 0 Å². The van der Waals surface area contributed by atoms with Crippen molar-refractivity contribution >= 4 is 5.84 Å². The third-order valence-electron chi connectivity index (χ3n) is 2.28. The zero-order chi connectivity index (χ0) is 11.1. The van der Waals surface area contributed by atoms with Crippen molar-refractivity contribution < 1.29 is 0 Å². The minimum Gasteiger partial charge on any atom is -0.308 e. The molecule has 3 heteroatoms. The smallest absolute Gasteiger partial charge is 0.142 e. The first-order chi connectivity index (χ1) is 7.33. The molecular weight excluding hydrogens is 186 g/mol. The lowest BCUT2D eigenvalue weighted by Gasteiger charge is -2.10. The standard InChI is InChI=1S/C12H19N3/c1-3-9-14-12(15-13)11-8-6-5-7-10(11)4-2/h5-8H,3-4,9,13H2,1-2H3,(H,14,15). The van der Waals surface area contributed by atoms with Crippen LogP contribution in [0.5, 0.6) is 0 Å². The molecule has 0 saturated heterocycles. The molecule has 3 N–H and O–H groups in total. The Morgan fingerprint density at radius 3 is 2.67 bits per heavy atom. The minimum absolute atomic E-state index is 0.786. The number of rotatable bonds is 4. The predicted octanol–water partition coefficient (Wildman–Crippen LogP) is 1.87. The molecule has 0 amide bonds. The number of aryl methyl sites for hydroxylation is 1. The fourth-order valence-electron chi connectivity index (χ4n) is 1.49. The maximum atomic E-state index is 5.49. The number of hydrogen-bond donors (Lipinski definition) is 2. The van der Waals surface area contributed by atoms with Crippen molar-refractivity contribution in [1.29, 1.82) is 0 Å². The number of nitrogens with two attached hydrogens (primary N) is 1. The summed E-state index contributed by atoms with van der Waals surface area (Å²) in [7, 11) is 0. The average molecular weight is 205 g/mol. The summed E-state index contributed by atoms with van der Waals surface area (Å²) in [5.41, 5.74) is 5.05. The van der Waals surface area contributed by atoms with Gasteiger partial charge in [0.25, 0.3) is 0 Å². The van der Waals surface area contributed by atoms with Gasteiger partial charge in [-0.2, -0.15) is 0 Å². The van der Waals surface area contributed by atoms with Crippen LogP contribution in [0.15, 0.2) is 29.3 Å². The van der Waals surface area contributed by atoms with E-state index in [4.69, 9.17) is 5.84 Å². The lowest BCUT2D eigenvalue weighted by Crippen LogP contribution is -2.32. The van der Waals surface area contributed by atoms with Crippen LogP contribution in [0.25, 0.3) is 0 Å². The summed E-state index contributed by atoms with van der Waals surface area (Å²) in [6.07, 6.45) is 2.02. The van der Waals surface area contributed by atoms with Crippen LogP contribution in [0.3, 0.4) is 0 Å². The Hall–Kier alpha value is -1.35. The molecule has 0 heterocycles. The summed E-state index contributed by atoms with van der Waals surface area (Å²) in [6, 6.07) is 8.20. The number of benzene rings is 1. The fourth-order valence-corrected chi connectivity index (χ4v) is 1.49. The average Bonchev–Trinajstić information content (AvgIpc) is 2.30. The van der Waals surface area contributed by atoms with Crippen LogP contribution >= 0.6 is 0 Å². The highest BCUT2D eigenvalue weighted by Crippen LogP contribution is 2.09. The predicted molar refractivity (Wildman–Crippen MR) is 64.8 cm³/mol. The second-order valence-corrected chi connectivity index (χ2v) is 3.39. The number of nitrogens with zero attached hydrogens (tertiary/aromatic N) is 1. The van der Waals surface area contributed by atoms with Gasteiger partial charge in [0, 0.05) is 12.1 Å². The van der Waals surface area contributed by atoms with Crippen LogP contribution in [-0.4, -0.2) is 12.4 Å². The normalized spacial score (nSPS) is 11.5.